The predicted octanol–water partition coefficient (Wildman–Crippen LogP) is 4.70. The Bertz CT molecular complexity index is 1020. The molecule has 0 atom stereocenters. The Kier molecular flexibility index (Phi) is 5.32. The predicted molar refractivity (Wildman–Crippen MR) is 114 cm³/mol. The highest BCUT2D eigenvalue weighted by Crippen LogP contribution is 2.37. The normalized spacial score (nSPS) is 13.2. The summed E-state index contributed by atoms with van der Waals surface area (Å²) < 4.78 is 5.56. The first-order valence-corrected chi connectivity index (χ1v) is 10.6. The van der Waals surface area contributed by atoms with Gasteiger partial charge in [-0.3, -0.25) is 4.79 Å². The zero-order chi connectivity index (χ0) is 20.4. The fourth-order valence-electron chi connectivity index (χ4n) is 3.34. The van der Waals surface area contributed by atoms with Crippen LogP contribution in [0.1, 0.15) is 18.1 Å². The number of allylic oxidation sites excluding steroid dienone is 1. The summed E-state index contributed by atoms with van der Waals surface area (Å²) >= 11 is 0. The number of hydrogen-bond acceptors (Lipinski definition) is 4. The highest BCUT2D eigenvalue weighted by molar-refractivity contribution is 8.01. The molecule has 1 aliphatic rings. The minimum Gasteiger partial charge on any atom is -0.508 e. The summed E-state index contributed by atoms with van der Waals surface area (Å²) in [5.41, 5.74) is 1.97. The van der Waals surface area contributed by atoms with Crippen LogP contribution in [0.2, 0.25) is 0 Å². The molecule has 4 rings (SSSR count). The van der Waals surface area contributed by atoms with E-state index in [0.717, 1.165) is 31.6 Å². The van der Waals surface area contributed by atoms with Gasteiger partial charge >= 0.3 is 0 Å². The first kappa shape index (κ1) is 19.2. The third-order valence-corrected chi connectivity index (χ3v) is 6.98. The Morgan fingerprint density at radius 1 is 0.897 bits per heavy atom. The van der Waals surface area contributed by atoms with Crippen LogP contribution in [-0.4, -0.2) is 22.6 Å². The second-order valence-electron chi connectivity index (χ2n) is 6.70. The van der Waals surface area contributed by atoms with Gasteiger partial charge < -0.3 is 14.9 Å². The van der Waals surface area contributed by atoms with E-state index in [-0.39, 0.29) is 17.3 Å². The van der Waals surface area contributed by atoms with Crippen LogP contribution in [0, 0.1) is 0 Å². The SMILES string of the molecule is CCOc1ccc2c(c1)CC(=O)C([S+](c1ccc(O)cc1)c1ccc(O)cc1)=C2. The fraction of sp³-hybridized carbons (Fsp3) is 0.125. The van der Waals surface area contributed by atoms with Crippen molar-refractivity contribution in [3.63, 3.8) is 0 Å². The zero-order valence-corrected chi connectivity index (χ0v) is 16.8. The molecule has 2 N–H and O–H groups in total. The molecule has 3 aromatic carbocycles. The van der Waals surface area contributed by atoms with Crippen molar-refractivity contribution in [1.82, 2.24) is 0 Å². The summed E-state index contributed by atoms with van der Waals surface area (Å²) in [6, 6.07) is 19.7. The summed E-state index contributed by atoms with van der Waals surface area (Å²) in [5.74, 6) is 1.20. The molecule has 0 fully saturated rings. The lowest BCUT2D eigenvalue weighted by Gasteiger charge is -2.17. The number of Topliss-reactive ketones (excluding diaryl/α,β-unsaturated/α-hetero) is 1. The lowest BCUT2D eigenvalue weighted by Crippen LogP contribution is -2.20. The van der Waals surface area contributed by atoms with Gasteiger partial charge in [-0.15, -0.1) is 0 Å². The van der Waals surface area contributed by atoms with Gasteiger partial charge in [0.25, 0.3) is 0 Å². The van der Waals surface area contributed by atoms with E-state index in [1.54, 1.807) is 24.3 Å². The van der Waals surface area contributed by atoms with E-state index in [1.165, 1.54) is 0 Å². The number of fused-ring (bicyclic) bond motifs is 1. The number of hydrogen-bond donors (Lipinski definition) is 2. The molecule has 29 heavy (non-hydrogen) atoms. The maximum atomic E-state index is 13.1. The molecule has 0 aliphatic heterocycles. The number of benzene rings is 3. The van der Waals surface area contributed by atoms with Crippen LogP contribution in [0.15, 0.2) is 81.4 Å². The number of phenols is 2. The third kappa shape index (κ3) is 4.00. The summed E-state index contributed by atoms with van der Waals surface area (Å²) in [5, 5.41) is 19.4. The van der Waals surface area contributed by atoms with Crippen LogP contribution in [0.3, 0.4) is 0 Å². The van der Waals surface area contributed by atoms with Crippen LogP contribution >= 0.6 is 0 Å². The summed E-state index contributed by atoms with van der Waals surface area (Å²) in [6.45, 7) is 2.52. The van der Waals surface area contributed by atoms with E-state index in [4.69, 9.17) is 4.74 Å². The van der Waals surface area contributed by atoms with Crippen LogP contribution in [-0.2, 0) is 22.1 Å². The van der Waals surface area contributed by atoms with Crippen molar-refractivity contribution in [3.8, 4) is 17.2 Å². The molecule has 0 unspecified atom stereocenters. The van der Waals surface area contributed by atoms with Crippen molar-refractivity contribution in [2.45, 2.75) is 23.1 Å². The van der Waals surface area contributed by atoms with Crippen LogP contribution in [0.5, 0.6) is 17.2 Å². The van der Waals surface area contributed by atoms with Crippen molar-refractivity contribution in [2.24, 2.45) is 0 Å². The van der Waals surface area contributed by atoms with E-state index < -0.39 is 10.9 Å². The Morgan fingerprint density at radius 2 is 1.48 bits per heavy atom. The Balaban J connectivity index is 1.82. The van der Waals surface area contributed by atoms with E-state index >= 15 is 0 Å². The average molecular weight is 405 g/mol. The molecule has 5 heteroatoms. The first-order chi connectivity index (χ1) is 14.0. The standard InChI is InChI=1S/C24H20O4S/c1-2-28-20-8-3-16-15-24(23(27)14-17(16)13-20)29(21-9-4-18(25)5-10-21)22-11-6-19(26)7-12-22/h3-13,15H,2,14H2,1H3,(H-,25,26)/p+1. The number of carbonyl (C=O) groups excluding carboxylic acids is 1. The second-order valence-corrected chi connectivity index (χ2v) is 8.69. The van der Waals surface area contributed by atoms with Gasteiger partial charge in [-0.05, 0) is 78.7 Å². The van der Waals surface area contributed by atoms with Crippen LogP contribution < -0.4 is 4.74 Å². The molecule has 0 saturated heterocycles. The Labute approximate surface area is 172 Å². The summed E-state index contributed by atoms with van der Waals surface area (Å²) in [4.78, 5) is 15.7. The molecule has 0 amide bonds. The highest BCUT2D eigenvalue weighted by Gasteiger charge is 2.38. The van der Waals surface area contributed by atoms with Crippen molar-refractivity contribution < 1.29 is 19.7 Å². The van der Waals surface area contributed by atoms with E-state index in [2.05, 4.69) is 0 Å². The number of rotatable bonds is 5. The van der Waals surface area contributed by atoms with Gasteiger partial charge in [-0.1, -0.05) is 6.07 Å². The van der Waals surface area contributed by atoms with E-state index in [1.807, 2.05) is 55.5 Å². The zero-order valence-electron chi connectivity index (χ0n) is 16.0. The van der Waals surface area contributed by atoms with E-state index in [9.17, 15) is 15.0 Å². The Morgan fingerprint density at radius 3 is 2.03 bits per heavy atom. The van der Waals surface area contributed by atoms with Crippen molar-refractivity contribution in [3.05, 3.63) is 82.8 Å². The molecule has 0 aromatic heterocycles. The number of aromatic hydroxyl groups is 2. The molecule has 3 aromatic rings. The molecule has 0 radical (unpaired) electrons. The summed E-state index contributed by atoms with van der Waals surface area (Å²) in [6.07, 6.45) is 2.28. The van der Waals surface area contributed by atoms with Crippen LogP contribution in [0.4, 0.5) is 0 Å². The maximum Gasteiger partial charge on any atom is 0.215 e. The topological polar surface area (TPSA) is 66.8 Å². The van der Waals surface area contributed by atoms with E-state index in [0.29, 0.717) is 13.0 Å². The molecular formula is C24H21O4S+. The highest BCUT2D eigenvalue weighted by atomic mass is 32.2. The minimum absolute atomic E-state index is 0.0654. The lowest BCUT2D eigenvalue weighted by molar-refractivity contribution is -0.114. The van der Waals surface area contributed by atoms with Crippen molar-refractivity contribution in [1.29, 1.82) is 0 Å². The van der Waals surface area contributed by atoms with Gasteiger partial charge in [-0.25, -0.2) is 0 Å². The van der Waals surface area contributed by atoms with Gasteiger partial charge in [0.2, 0.25) is 10.7 Å². The molecule has 4 nitrogen and oxygen atoms in total. The smallest absolute Gasteiger partial charge is 0.215 e. The van der Waals surface area contributed by atoms with Crippen molar-refractivity contribution >= 4 is 22.8 Å². The number of phenolic OH excluding ortho intramolecular Hbond substituents is 2. The molecule has 0 bridgehead atoms. The maximum absolute atomic E-state index is 13.1. The van der Waals surface area contributed by atoms with Gasteiger partial charge in [0.1, 0.15) is 28.1 Å². The van der Waals surface area contributed by atoms with Gasteiger partial charge in [-0.2, -0.15) is 0 Å². The number of ketones is 1. The molecule has 146 valence electrons. The van der Waals surface area contributed by atoms with Gasteiger partial charge in [0.05, 0.1) is 6.61 Å². The second kappa shape index (κ2) is 8.05. The fourth-order valence-corrected chi connectivity index (χ4v) is 5.48. The minimum atomic E-state index is -0.642. The molecule has 0 spiro atoms. The quantitative estimate of drug-likeness (QED) is 0.604. The lowest BCUT2D eigenvalue weighted by atomic mass is 9.96. The largest absolute Gasteiger partial charge is 0.508 e. The molecule has 0 heterocycles. The molecular weight excluding hydrogens is 384 g/mol. The average Bonchev–Trinajstić information content (AvgIpc) is 2.71. The van der Waals surface area contributed by atoms with Gasteiger partial charge in [0.15, 0.2) is 9.79 Å². The summed E-state index contributed by atoms with van der Waals surface area (Å²) in [7, 11) is -0.642. The molecule has 0 saturated carbocycles. The van der Waals surface area contributed by atoms with Gasteiger partial charge in [0, 0.05) is 12.5 Å². The molecule has 1 aliphatic carbocycles. The van der Waals surface area contributed by atoms with Crippen molar-refractivity contribution in [2.75, 3.05) is 6.61 Å². The first-order valence-electron chi connectivity index (χ1n) is 9.38. The number of carbonyl (C=O) groups is 1. The third-order valence-electron chi connectivity index (χ3n) is 4.70. The Hall–Kier alpha value is -3.18. The van der Waals surface area contributed by atoms with Crippen LogP contribution in [0.25, 0.3) is 6.08 Å². The monoisotopic (exact) mass is 405 g/mol. The number of ether oxygens (including phenoxy) is 1.